The van der Waals surface area contributed by atoms with Gasteiger partial charge < -0.3 is 55.6 Å². The third kappa shape index (κ3) is 19.4. The first-order valence-electron chi connectivity index (χ1n) is 31.5. The number of carbonyl (C=O) groups excluding carboxylic acids is 11. The van der Waals surface area contributed by atoms with E-state index in [2.05, 4.69) is 21.3 Å². The van der Waals surface area contributed by atoms with Crippen LogP contribution in [-0.4, -0.2) is 216 Å². The lowest BCUT2D eigenvalue weighted by molar-refractivity contribution is -0.149. The van der Waals surface area contributed by atoms with E-state index in [1.165, 1.54) is 63.1 Å². The summed E-state index contributed by atoms with van der Waals surface area (Å²) in [6, 6.07) is 2.33. The molecular weight excluding hydrogens is 1200 g/mol. The first-order valence-corrected chi connectivity index (χ1v) is 31.9. The number of benzene rings is 2. The molecule has 2 aromatic carbocycles. The van der Waals surface area contributed by atoms with Crippen molar-refractivity contribution in [2.24, 2.45) is 17.8 Å². The summed E-state index contributed by atoms with van der Waals surface area (Å²) in [6.07, 6.45) is -2.75. The van der Waals surface area contributed by atoms with Gasteiger partial charge in [0, 0.05) is 67.7 Å². The fourth-order valence-corrected chi connectivity index (χ4v) is 12.5. The van der Waals surface area contributed by atoms with Crippen LogP contribution in [0.5, 0.6) is 0 Å². The number of halogens is 4. The maximum Gasteiger partial charge on any atom is 0.417 e. The fraction of sp³-hybridized carbons (Fsp3) is 0.646. The Hall–Kier alpha value is -7.31. The Morgan fingerprint density at radius 1 is 0.659 bits per heavy atom. The minimum Gasteiger partial charge on any atom is -0.351 e. The van der Waals surface area contributed by atoms with Crippen LogP contribution in [0.4, 0.5) is 13.2 Å². The SMILES string of the molecule is CC[C@H](C)[C@@H]1NC(=O)[C@H](CC(C)C)N(C)C(=O)C[C@@H](C)NC(=O)[C@H](C(C)C)N(C)C(=O)C2(CCCC2)NC(=O)[C@@H]2CCCN2C(=O)[C@H](CCc2ccc(C(F)(F)F)c(Cl)c2)NC(=O)CN(C)C(=O)[C@H](Cc2ccc(C)cc2)N(C)C(=O)CN(C)C(=O)CN(C)C1=O. The quantitative estimate of drug-likeness (QED) is 0.253. The van der Waals surface area contributed by atoms with Crippen LogP contribution in [0.15, 0.2) is 42.5 Å². The number of alkyl halides is 3. The van der Waals surface area contributed by atoms with Gasteiger partial charge in [0.05, 0.1) is 30.2 Å². The molecule has 22 nitrogen and oxygen atoms in total. The van der Waals surface area contributed by atoms with Crippen LogP contribution >= 0.6 is 11.6 Å². The van der Waals surface area contributed by atoms with Gasteiger partial charge in [-0.3, -0.25) is 52.7 Å². The molecule has 91 heavy (non-hydrogen) atoms. The normalized spacial score (nSPS) is 24.9. The van der Waals surface area contributed by atoms with Gasteiger partial charge in [-0.1, -0.05) is 108 Å². The standard InChI is InChI=1S/C65H95ClF3N11O11/c1-15-41(7)55-62(90)76(11)36-53(83)74(9)37-54(84)78(13)50(34-44-22-20-40(6)21-23-44)61(89)75(10)35-51(81)71-47(27-25-43-24-26-45(46(66)33-43)65(67,68)69)60(88)80-30-18-19-48(80)58(86)73-64(28-16-17-29-64)63(91)79(14)56(39(4)5)59(87)70-42(8)32-52(82)77(12)49(31-38(2)3)57(85)72-55/h20-24,26,33,38-39,41-42,47-50,55-56H,15-19,25,27-32,34-37H2,1-14H3,(H,70,87)(H,71,81)(H,72,85)(H,73,86)/t41-,42+,47-,48-,49-,50-,55-,56-/m0/s1. The van der Waals surface area contributed by atoms with E-state index in [1.54, 1.807) is 39.8 Å². The molecule has 2 heterocycles. The molecule has 3 aliphatic rings. The lowest BCUT2D eigenvalue weighted by atomic mass is 9.92. The minimum absolute atomic E-state index is 0.0433. The van der Waals surface area contributed by atoms with Crippen LogP contribution in [0.2, 0.25) is 5.02 Å². The highest BCUT2D eigenvalue weighted by atomic mass is 35.5. The predicted octanol–water partition coefficient (Wildman–Crippen LogP) is 4.74. The molecule has 8 atom stereocenters. The second kappa shape index (κ2) is 32.3. The number of carbonyl (C=O) groups is 11. The Labute approximate surface area is 538 Å². The average Bonchev–Trinajstić information content (AvgIpc) is 1.75. The molecule has 5 rings (SSSR count). The summed E-state index contributed by atoms with van der Waals surface area (Å²) in [5.74, 6) is -8.20. The summed E-state index contributed by atoms with van der Waals surface area (Å²) in [7, 11) is 8.38. The number of hydrogen-bond donors (Lipinski definition) is 4. The number of nitrogens with zero attached hydrogens (tertiary/aromatic N) is 7. The van der Waals surface area contributed by atoms with Crippen molar-refractivity contribution in [1.29, 1.82) is 0 Å². The molecule has 3 fully saturated rings. The highest BCUT2D eigenvalue weighted by Gasteiger charge is 2.49. The highest BCUT2D eigenvalue weighted by molar-refractivity contribution is 6.31. The second-order valence-corrected chi connectivity index (χ2v) is 26.4. The number of likely N-dealkylation sites (N-methyl/N-ethyl adjacent to an activating group) is 6. The molecule has 1 spiro atoms. The molecule has 1 aliphatic carbocycles. The van der Waals surface area contributed by atoms with Gasteiger partial charge in [0.15, 0.2) is 0 Å². The molecule has 11 amide bonds. The van der Waals surface area contributed by atoms with Gasteiger partial charge in [-0.05, 0) is 99.8 Å². The molecule has 0 bridgehead atoms. The van der Waals surface area contributed by atoms with Gasteiger partial charge in [0.1, 0.15) is 41.8 Å². The van der Waals surface area contributed by atoms with Crippen molar-refractivity contribution < 1.29 is 65.9 Å². The molecule has 2 saturated heterocycles. The van der Waals surface area contributed by atoms with E-state index in [0.717, 1.165) is 37.3 Å². The van der Waals surface area contributed by atoms with Gasteiger partial charge in [0.25, 0.3) is 0 Å². The third-order valence-corrected chi connectivity index (χ3v) is 18.2. The third-order valence-electron chi connectivity index (χ3n) is 17.9. The molecule has 0 radical (unpaired) electrons. The number of amides is 11. The van der Waals surface area contributed by atoms with E-state index in [0.29, 0.717) is 36.8 Å². The van der Waals surface area contributed by atoms with Crippen LogP contribution in [0.3, 0.4) is 0 Å². The van der Waals surface area contributed by atoms with Crippen molar-refractivity contribution in [2.45, 2.75) is 186 Å². The smallest absolute Gasteiger partial charge is 0.351 e. The van der Waals surface area contributed by atoms with Crippen molar-refractivity contribution in [3.63, 3.8) is 0 Å². The molecule has 0 aromatic heterocycles. The molecule has 1 saturated carbocycles. The number of hydrogen-bond acceptors (Lipinski definition) is 11. The maximum absolute atomic E-state index is 15.0. The Morgan fingerprint density at radius 3 is 1.84 bits per heavy atom. The van der Waals surface area contributed by atoms with Crippen LogP contribution in [0, 0.1) is 24.7 Å². The number of rotatable bonds is 10. The zero-order valence-electron chi connectivity index (χ0n) is 55.3. The van der Waals surface area contributed by atoms with E-state index < -0.39 is 161 Å². The van der Waals surface area contributed by atoms with E-state index in [-0.39, 0.29) is 63.8 Å². The Morgan fingerprint density at radius 2 is 1.25 bits per heavy atom. The van der Waals surface area contributed by atoms with Gasteiger partial charge in [0.2, 0.25) is 65.0 Å². The lowest BCUT2D eigenvalue weighted by Crippen LogP contribution is -2.64. The van der Waals surface area contributed by atoms with Gasteiger partial charge in [-0.2, -0.15) is 13.2 Å². The largest absolute Gasteiger partial charge is 0.417 e. The van der Waals surface area contributed by atoms with Gasteiger partial charge >= 0.3 is 6.18 Å². The summed E-state index contributed by atoms with van der Waals surface area (Å²) < 4.78 is 41.3. The van der Waals surface area contributed by atoms with Crippen molar-refractivity contribution in [3.8, 4) is 0 Å². The van der Waals surface area contributed by atoms with Crippen LogP contribution in [-0.2, 0) is 71.8 Å². The first-order chi connectivity index (χ1) is 42.5. The molecule has 2 aromatic rings. The van der Waals surface area contributed by atoms with E-state index in [1.807, 2.05) is 39.8 Å². The molecular formula is C65H95ClF3N11O11. The molecule has 2 aliphatic heterocycles. The minimum atomic E-state index is -4.75. The zero-order chi connectivity index (χ0) is 68.1. The fourth-order valence-electron chi connectivity index (χ4n) is 12.2. The molecule has 0 unspecified atom stereocenters. The summed E-state index contributed by atoms with van der Waals surface area (Å²) >= 11 is 6.11. The molecule has 26 heteroatoms. The summed E-state index contributed by atoms with van der Waals surface area (Å²) in [5.41, 5.74) is -0.723. The van der Waals surface area contributed by atoms with Crippen LogP contribution in [0.1, 0.15) is 135 Å². The van der Waals surface area contributed by atoms with Gasteiger partial charge in [-0.15, -0.1) is 0 Å². The highest BCUT2D eigenvalue weighted by Crippen LogP contribution is 2.36. The number of nitrogens with one attached hydrogen (secondary N) is 4. The van der Waals surface area contributed by atoms with Crippen molar-refractivity contribution in [3.05, 3.63) is 69.7 Å². The average molecular weight is 1300 g/mol. The predicted molar refractivity (Wildman–Crippen MR) is 336 cm³/mol. The van der Waals surface area contributed by atoms with E-state index in [9.17, 15) is 65.9 Å². The maximum atomic E-state index is 15.0. The Balaban J connectivity index is 1.56. The monoisotopic (exact) mass is 1300 g/mol. The van der Waals surface area contributed by atoms with E-state index in [4.69, 9.17) is 11.6 Å². The van der Waals surface area contributed by atoms with Crippen molar-refractivity contribution in [1.82, 2.24) is 55.6 Å². The first kappa shape index (κ1) is 74.4. The molecule has 4 N–H and O–H groups in total. The lowest BCUT2D eigenvalue weighted by Gasteiger charge is -2.39. The van der Waals surface area contributed by atoms with Crippen molar-refractivity contribution in [2.75, 3.05) is 68.5 Å². The molecule has 504 valence electrons. The summed E-state index contributed by atoms with van der Waals surface area (Å²) in [5, 5.41) is 10.9. The zero-order valence-corrected chi connectivity index (χ0v) is 56.0. The Kier molecular flexibility index (Phi) is 26.4. The van der Waals surface area contributed by atoms with Gasteiger partial charge in [-0.25, -0.2) is 0 Å². The van der Waals surface area contributed by atoms with Crippen LogP contribution < -0.4 is 21.3 Å². The summed E-state index contributed by atoms with van der Waals surface area (Å²) in [4.78, 5) is 168. The van der Waals surface area contributed by atoms with E-state index >= 15 is 0 Å². The number of aryl methyl sites for hydroxylation is 2. The number of fused-ring (bicyclic) bond motifs is 1. The summed E-state index contributed by atoms with van der Waals surface area (Å²) in [6.45, 7) is 12.6. The van der Waals surface area contributed by atoms with Crippen molar-refractivity contribution >= 4 is 76.6 Å². The Bertz CT molecular complexity index is 2980. The van der Waals surface area contributed by atoms with Crippen LogP contribution in [0.25, 0.3) is 0 Å². The second-order valence-electron chi connectivity index (χ2n) is 26.0. The topological polar surface area (TPSA) is 259 Å².